The maximum atomic E-state index is 12.1. The van der Waals surface area contributed by atoms with E-state index < -0.39 is 0 Å². The summed E-state index contributed by atoms with van der Waals surface area (Å²) in [4.78, 5) is 18.3. The number of rotatable bonds is 3. The Morgan fingerprint density at radius 1 is 1.29 bits per heavy atom. The molecule has 0 saturated carbocycles. The zero-order chi connectivity index (χ0) is 14.2. The van der Waals surface area contributed by atoms with Crippen molar-refractivity contribution in [2.45, 2.75) is 32.2 Å². The first-order valence-electron chi connectivity index (χ1n) is 7.54. The Hall–Kier alpha value is -2.11. The normalized spacial score (nSPS) is 18.4. The molecule has 2 aliphatic rings. The highest BCUT2D eigenvalue weighted by atomic mass is 16.4. The van der Waals surface area contributed by atoms with Crippen LogP contribution in [0.4, 0.5) is 6.01 Å². The second-order valence-electron chi connectivity index (χ2n) is 5.93. The van der Waals surface area contributed by atoms with E-state index in [9.17, 15) is 4.79 Å². The predicted molar refractivity (Wildman–Crippen MR) is 77.3 cm³/mol. The van der Waals surface area contributed by atoms with Crippen molar-refractivity contribution in [2.24, 2.45) is 5.92 Å². The van der Waals surface area contributed by atoms with Crippen LogP contribution in [-0.2, 0) is 19.4 Å². The summed E-state index contributed by atoms with van der Waals surface area (Å²) in [5.74, 6) is 0.434. The fraction of sp³-hybridized carbons (Fsp3) is 0.533. The Balaban J connectivity index is 1.45. The summed E-state index contributed by atoms with van der Waals surface area (Å²) in [5, 5.41) is 4.57. The maximum absolute atomic E-state index is 12.1. The first-order chi connectivity index (χ1) is 10.3. The van der Waals surface area contributed by atoms with Crippen molar-refractivity contribution in [1.82, 2.24) is 14.8 Å². The van der Waals surface area contributed by atoms with Gasteiger partial charge in [0.1, 0.15) is 6.26 Å². The summed E-state index contributed by atoms with van der Waals surface area (Å²) < 4.78 is 6.91. The minimum atomic E-state index is 0.0326. The van der Waals surface area contributed by atoms with Gasteiger partial charge in [0.15, 0.2) is 0 Å². The molecule has 1 aliphatic carbocycles. The van der Waals surface area contributed by atoms with E-state index in [-0.39, 0.29) is 5.56 Å². The maximum Gasteiger partial charge on any atom is 0.297 e. The minimum absolute atomic E-state index is 0.0326. The number of aryl methyl sites for hydroxylation is 2. The molecule has 0 radical (unpaired) electrons. The van der Waals surface area contributed by atoms with E-state index in [2.05, 4.69) is 15.0 Å². The Labute approximate surface area is 122 Å². The van der Waals surface area contributed by atoms with Crippen LogP contribution in [0.2, 0.25) is 0 Å². The largest absolute Gasteiger partial charge is 0.432 e. The van der Waals surface area contributed by atoms with Gasteiger partial charge in [-0.3, -0.25) is 4.79 Å². The Morgan fingerprint density at radius 2 is 2.14 bits per heavy atom. The van der Waals surface area contributed by atoms with Crippen LogP contribution in [0.3, 0.4) is 0 Å². The van der Waals surface area contributed by atoms with Gasteiger partial charge in [0.25, 0.3) is 11.6 Å². The fourth-order valence-corrected chi connectivity index (χ4v) is 3.19. The third-order valence-corrected chi connectivity index (χ3v) is 4.35. The molecule has 6 nitrogen and oxygen atoms in total. The lowest BCUT2D eigenvalue weighted by Crippen LogP contribution is -2.50. The van der Waals surface area contributed by atoms with Crippen LogP contribution < -0.4 is 10.5 Å². The van der Waals surface area contributed by atoms with E-state index in [0.717, 1.165) is 37.2 Å². The molecular weight excluding hydrogens is 268 g/mol. The zero-order valence-corrected chi connectivity index (χ0v) is 11.9. The van der Waals surface area contributed by atoms with Crippen LogP contribution in [0.25, 0.3) is 0 Å². The molecule has 0 N–H and O–H groups in total. The number of fused-ring (bicyclic) bond motifs is 1. The van der Waals surface area contributed by atoms with Crippen molar-refractivity contribution in [1.29, 1.82) is 0 Å². The van der Waals surface area contributed by atoms with Gasteiger partial charge in [-0.1, -0.05) is 0 Å². The molecule has 3 heterocycles. The van der Waals surface area contributed by atoms with Crippen LogP contribution in [0.15, 0.2) is 27.7 Å². The first kappa shape index (κ1) is 12.6. The molecule has 0 atom stereocenters. The van der Waals surface area contributed by atoms with E-state index in [1.54, 1.807) is 23.2 Å². The van der Waals surface area contributed by atoms with Gasteiger partial charge < -0.3 is 9.32 Å². The topological polar surface area (TPSA) is 64.2 Å². The lowest BCUT2D eigenvalue weighted by molar-refractivity contribution is 0.314. The molecule has 0 spiro atoms. The summed E-state index contributed by atoms with van der Waals surface area (Å²) >= 11 is 0. The van der Waals surface area contributed by atoms with Crippen molar-refractivity contribution < 1.29 is 4.42 Å². The van der Waals surface area contributed by atoms with E-state index in [1.807, 2.05) is 0 Å². The second kappa shape index (κ2) is 5.02. The quantitative estimate of drug-likeness (QED) is 0.849. The molecule has 1 saturated heterocycles. The summed E-state index contributed by atoms with van der Waals surface area (Å²) in [5.41, 5.74) is 2.30. The molecule has 2 aromatic rings. The first-order valence-corrected chi connectivity index (χ1v) is 7.54. The van der Waals surface area contributed by atoms with Gasteiger partial charge in [-0.25, -0.2) is 9.67 Å². The molecule has 0 bridgehead atoms. The highest BCUT2D eigenvalue weighted by molar-refractivity contribution is 5.29. The standard InChI is InChI=1S/C15H18N4O2/c20-14-7-12-3-1-2-4-13(12)17-19(14)10-11-8-18(9-11)15-16-5-6-21-15/h5-7,11H,1-4,8-10H2. The molecule has 1 aliphatic heterocycles. The van der Waals surface area contributed by atoms with Gasteiger partial charge in [-0.05, 0) is 31.2 Å². The van der Waals surface area contributed by atoms with Gasteiger partial charge in [0.2, 0.25) is 0 Å². The van der Waals surface area contributed by atoms with Gasteiger partial charge in [0, 0.05) is 25.1 Å². The van der Waals surface area contributed by atoms with E-state index in [1.165, 1.54) is 12.8 Å². The van der Waals surface area contributed by atoms with Crippen molar-refractivity contribution in [3.05, 3.63) is 40.1 Å². The van der Waals surface area contributed by atoms with Crippen LogP contribution >= 0.6 is 0 Å². The Bertz CT molecular complexity index is 686. The fourth-order valence-electron chi connectivity index (χ4n) is 3.19. The molecule has 0 unspecified atom stereocenters. The van der Waals surface area contributed by atoms with Gasteiger partial charge in [-0.2, -0.15) is 5.10 Å². The monoisotopic (exact) mass is 286 g/mol. The lowest BCUT2D eigenvalue weighted by Gasteiger charge is -2.38. The van der Waals surface area contributed by atoms with Gasteiger partial charge in [0.05, 0.1) is 18.4 Å². The third-order valence-electron chi connectivity index (χ3n) is 4.35. The van der Waals surface area contributed by atoms with Crippen LogP contribution in [0.1, 0.15) is 24.1 Å². The number of anilines is 1. The van der Waals surface area contributed by atoms with Gasteiger partial charge >= 0.3 is 0 Å². The van der Waals surface area contributed by atoms with E-state index in [0.29, 0.717) is 18.5 Å². The van der Waals surface area contributed by atoms with Crippen molar-refractivity contribution in [3.8, 4) is 0 Å². The number of oxazole rings is 1. The number of aromatic nitrogens is 3. The van der Waals surface area contributed by atoms with Crippen LogP contribution in [0, 0.1) is 5.92 Å². The summed E-state index contributed by atoms with van der Waals surface area (Å²) in [6.07, 6.45) is 7.59. The summed E-state index contributed by atoms with van der Waals surface area (Å²) in [6.45, 7) is 2.42. The molecule has 21 heavy (non-hydrogen) atoms. The molecule has 0 amide bonds. The molecule has 1 fully saturated rings. The average molecular weight is 286 g/mol. The van der Waals surface area contributed by atoms with Gasteiger partial charge in [-0.15, -0.1) is 0 Å². The number of hydrogen-bond acceptors (Lipinski definition) is 5. The van der Waals surface area contributed by atoms with Crippen molar-refractivity contribution in [2.75, 3.05) is 18.0 Å². The SMILES string of the molecule is O=c1cc2c(nn1CC1CN(c3ncco3)C1)CCCC2. The molecular formula is C15H18N4O2. The Morgan fingerprint density at radius 3 is 2.95 bits per heavy atom. The average Bonchev–Trinajstić information content (AvgIpc) is 2.96. The van der Waals surface area contributed by atoms with Crippen molar-refractivity contribution >= 4 is 6.01 Å². The molecule has 110 valence electrons. The van der Waals surface area contributed by atoms with E-state index in [4.69, 9.17) is 4.42 Å². The summed E-state index contributed by atoms with van der Waals surface area (Å²) in [6, 6.07) is 2.45. The molecule has 2 aromatic heterocycles. The number of nitrogens with zero attached hydrogens (tertiary/aromatic N) is 4. The second-order valence-corrected chi connectivity index (χ2v) is 5.93. The third kappa shape index (κ3) is 2.34. The molecule has 4 rings (SSSR count). The van der Waals surface area contributed by atoms with Crippen LogP contribution in [-0.4, -0.2) is 27.9 Å². The van der Waals surface area contributed by atoms with Crippen LogP contribution in [0.5, 0.6) is 0 Å². The molecule has 0 aromatic carbocycles. The minimum Gasteiger partial charge on any atom is -0.432 e. The highest BCUT2D eigenvalue weighted by Crippen LogP contribution is 2.23. The smallest absolute Gasteiger partial charge is 0.297 e. The Kier molecular flexibility index (Phi) is 3.02. The molecule has 6 heteroatoms. The lowest BCUT2D eigenvalue weighted by atomic mass is 9.97. The summed E-state index contributed by atoms with van der Waals surface area (Å²) in [7, 11) is 0. The highest BCUT2D eigenvalue weighted by Gasteiger charge is 2.30. The predicted octanol–water partition coefficient (Wildman–Crippen LogP) is 1.25. The van der Waals surface area contributed by atoms with E-state index >= 15 is 0 Å². The zero-order valence-electron chi connectivity index (χ0n) is 11.9. The number of hydrogen-bond donors (Lipinski definition) is 0. The van der Waals surface area contributed by atoms with Crippen molar-refractivity contribution in [3.63, 3.8) is 0 Å².